The first-order valence-corrected chi connectivity index (χ1v) is 7.50. The Morgan fingerprint density at radius 1 is 1.47 bits per heavy atom. The van der Waals surface area contributed by atoms with E-state index in [9.17, 15) is 0 Å². The van der Waals surface area contributed by atoms with Crippen LogP contribution in [0.4, 0.5) is 0 Å². The van der Waals surface area contributed by atoms with Gasteiger partial charge in [-0.1, -0.05) is 19.9 Å². The van der Waals surface area contributed by atoms with Gasteiger partial charge in [-0.2, -0.15) is 0 Å². The third kappa shape index (κ3) is 4.41. The van der Waals surface area contributed by atoms with E-state index in [-0.39, 0.29) is 0 Å². The number of hydrogen-bond donors (Lipinski definition) is 1. The Morgan fingerprint density at radius 2 is 2.29 bits per heavy atom. The SMILES string of the molecule is CC(C)COCCNC(c1cccs1)C1CC1. The fraction of sp³-hybridized carbons (Fsp3) is 0.714. The van der Waals surface area contributed by atoms with Crippen LogP contribution in [0.2, 0.25) is 0 Å². The third-order valence-corrected chi connectivity index (χ3v) is 3.96. The van der Waals surface area contributed by atoms with Gasteiger partial charge in [0.25, 0.3) is 0 Å². The lowest BCUT2D eigenvalue weighted by atomic mass is 10.1. The van der Waals surface area contributed by atoms with E-state index in [1.54, 1.807) is 0 Å². The molecule has 3 heteroatoms. The average molecular weight is 253 g/mol. The Morgan fingerprint density at radius 3 is 2.88 bits per heavy atom. The van der Waals surface area contributed by atoms with Crippen molar-refractivity contribution in [1.29, 1.82) is 0 Å². The molecule has 0 saturated heterocycles. The van der Waals surface area contributed by atoms with E-state index in [0.29, 0.717) is 12.0 Å². The molecule has 0 radical (unpaired) electrons. The normalized spacial score (nSPS) is 17.6. The van der Waals surface area contributed by atoms with Crippen LogP contribution in [0.25, 0.3) is 0 Å². The van der Waals surface area contributed by atoms with Crippen molar-refractivity contribution < 1.29 is 4.74 Å². The van der Waals surface area contributed by atoms with Crippen LogP contribution < -0.4 is 5.32 Å². The predicted octanol–water partition coefficient (Wildman–Crippen LogP) is 3.46. The van der Waals surface area contributed by atoms with Gasteiger partial charge < -0.3 is 10.1 Å². The van der Waals surface area contributed by atoms with E-state index in [1.165, 1.54) is 17.7 Å². The Balaban J connectivity index is 1.68. The molecule has 96 valence electrons. The van der Waals surface area contributed by atoms with Gasteiger partial charge in [-0.25, -0.2) is 0 Å². The fourth-order valence-electron chi connectivity index (χ4n) is 2.00. The zero-order valence-electron chi connectivity index (χ0n) is 10.8. The van der Waals surface area contributed by atoms with Crippen LogP contribution in [-0.2, 0) is 4.74 Å². The molecular weight excluding hydrogens is 230 g/mol. The fourth-order valence-corrected chi connectivity index (χ4v) is 2.90. The van der Waals surface area contributed by atoms with Gasteiger partial charge in [0, 0.05) is 24.1 Å². The molecule has 1 aromatic heterocycles. The lowest BCUT2D eigenvalue weighted by Crippen LogP contribution is -2.26. The van der Waals surface area contributed by atoms with E-state index < -0.39 is 0 Å². The largest absolute Gasteiger partial charge is 0.380 e. The Labute approximate surface area is 108 Å². The molecule has 1 atom stereocenters. The average Bonchev–Trinajstić information content (AvgIpc) is 2.98. The van der Waals surface area contributed by atoms with Gasteiger partial charge in [-0.3, -0.25) is 0 Å². The topological polar surface area (TPSA) is 21.3 Å². The number of nitrogens with one attached hydrogen (secondary N) is 1. The molecule has 1 N–H and O–H groups in total. The smallest absolute Gasteiger partial charge is 0.0591 e. The Kier molecular flexibility index (Phi) is 5.01. The van der Waals surface area contributed by atoms with Crippen LogP contribution in [0.15, 0.2) is 17.5 Å². The van der Waals surface area contributed by atoms with E-state index >= 15 is 0 Å². The zero-order valence-corrected chi connectivity index (χ0v) is 11.6. The first-order valence-electron chi connectivity index (χ1n) is 6.62. The van der Waals surface area contributed by atoms with E-state index in [2.05, 4.69) is 36.7 Å². The lowest BCUT2D eigenvalue weighted by Gasteiger charge is -2.17. The Hall–Kier alpha value is -0.380. The standard InChI is InChI=1S/C14H23NOS/c1-11(2)10-16-8-7-15-14(12-5-6-12)13-4-3-9-17-13/h3-4,9,11-12,14-15H,5-8,10H2,1-2H3. The molecule has 0 aliphatic heterocycles. The van der Waals surface area contributed by atoms with Gasteiger partial charge in [-0.15, -0.1) is 11.3 Å². The number of thiophene rings is 1. The molecule has 1 fully saturated rings. The van der Waals surface area contributed by atoms with Gasteiger partial charge in [0.15, 0.2) is 0 Å². The molecule has 1 aliphatic carbocycles. The summed E-state index contributed by atoms with van der Waals surface area (Å²) in [6.07, 6.45) is 2.75. The van der Waals surface area contributed by atoms with Gasteiger partial charge in [0.05, 0.1) is 6.61 Å². The Bertz CT molecular complexity index is 306. The molecule has 2 nitrogen and oxygen atoms in total. The summed E-state index contributed by atoms with van der Waals surface area (Å²) in [5, 5.41) is 5.81. The van der Waals surface area contributed by atoms with E-state index in [0.717, 1.165) is 25.7 Å². The van der Waals surface area contributed by atoms with E-state index in [4.69, 9.17) is 4.74 Å². The summed E-state index contributed by atoms with van der Waals surface area (Å²) in [4.78, 5) is 1.48. The molecule has 0 amide bonds. The van der Waals surface area contributed by atoms with Gasteiger partial charge in [0.2, 0.25) is 0 Å². The van der Waals surface area contributed by atoms with Gasteiger partial charge in [-0.05, 0) is 36.1 Å². The summed E-state index contributed by atoms with van der Waals surface area (Å²) in [5.41, 5.74) is 0. The summed E-state index contributed by atoms with van der Waals surface area (Å²) in [5.74, 6) is 1.49. The summed E-state index contributed by atoms with van der Waals surface area (Å²) in [6.45, 7) is 7.03. The summed E-state index contributed by atoms with van der Waals surface area (Å²) in [6, 6.07) is 4.96. The minimum atomic E-state index is 0.567. The second-order valence-corrected chi connectivity index (χ2v) is 6.23. The first kappa shape index (κ1) is 13.1. The number of rotatable bonds is 8. The molecule has 0 bridgehead atoms. The lowest BCUT2D eigenvalue weighted by molar-refractivity contribution is 0.109. The summed E-state index contributed by atoms with van der Waals surface area (Å²) in [7, 11) is 0. The minimum absolute atomic E-state index is 0.567. The number of ether oxygens (including phenoxy) is 1. The van der Waals surface area contributed by atoms with Crippen LogP contribution in [0.5, 0.6) is 0 Å². The molecule has 1 heterocycles. The molecule has 2 rings (SSSR count). The van der Waals surface area contributed by atoms with Crippen LogP contribution in [0.3, 0.4) is 0 Å². The highest BCUT2D eigenvalue weighted by Gasteiger charge is 2.32. The first-order chi connectivity index (χ1) is 8.27. The maximum Gasteiger partial charge on any atom is 0.0591 e. The molecule has 0 aromatic carbocycles. The highest BCUT2D eigenvalue weighted by molar-refractivity contribution is 7.10. The molecule has 1 aromatic rings. The second kappa shape index (κ2) is 6.53. The maximum atomic E-state index is 5.60. The predicted molar refractivity (Wildman–Crippen MR) is 73.4 cm³/mol. The van der Waals surface area contributed by atoms with Crippen LogP contribution in [0.1, 0.15) is 37.6 Å². The van der Waals surface area contributed by atoms with Gasteiger partial charge >= 0.3 is 0 Å². The van der Waals surface area contributed by atoms with Crippen molar-refractivity contribution in [3.63, 3.8) is 0 Å². The van der Waals surface area contributed by atoms with Crippen molar-refractivity contribution >= 4 is 11.3 Å². The number of hydrogen-bond acceptors (Lipinski definition) is 3. The van der Waals surface area contributed by atoms with Crippen LogP contribution in [-0.4, -0.2) is 19.8 Å². The molecule has 1 unspecified atom stereocenters. The molecule has 1 saturated carbocycles. The van der Waals surface area contributed by atoms with Crippen molar-refractivity contribution in [2.75, 3.05) is 19.8 Å². The van der Waals surface area contributed by atoms with E-state index in [1.807, 2.05) is 11.3 Å². The van der Waals surface area contributed by atoms with Crippen LogP contribution >= 0.6 is 11.3 Å². The highest BCUT2D eigenvalue weighted by Crippen LogP contribution is 2.42. The maximum absolute atomic E-state index is 5.60. The van der Waals surface area contributed by atoms with Crippen molar-refractivity contribution in [3.8, 4) is 0 Å². The van der Waals surface area contributed by atoms with Gasteiger partial charge in [0.1, 0.15) is 0 Å². The molecular formula is C14H23NOS. The van der Waals surface area contributed by atoms with Crippen molar-refractivity contribution in [3.05, 3.63) is 22.4 Å². The quantitative estimate of drug-likeness (QED) is 0.716. The summed E-state index contributed by atoms with van der Waals surface area (Å²) < 4.78 is 5.60. The minimum Gasteiger partial charge on any atom is -0.380 e. The summed E-state index contributed by atoms with van der Waals surface area (Å²) >= 11 is 1.86. The monoisotopic (exact) mass is 253 g/mol. The molecule has 1 aliphatic rings. The van der Waals surface area contributed by atoms with Crippen molar-refractivity contribution in [2.24, 2.45) is 11.8 Å². The molecule has 0 spiro atoms. The zero-order chi connectivity index (χ0) is 12.1. The van der Waals surface area contributed by atoms with Crippen molar-refractivity contribution in [2.45, 2.75) is 32.7 Å². The second-order valence-electron chi connectivity index (χ2n) is 5.25. The van der Waals surface area contributed by atoms with Crippen molar-refractivity contribution in [1.82, 2.24) is 5.32 Å². The third-order valence-electron chi connectivity index (χ3n) is 3.00. The highest BCUT2D eigenvalue weighted by atomic mass is 32.1. The molecule has 17 heavy (non-hydrogen) atoms. The van der Waals surface area contributed by atoms with Crippen LogP contribution in [0, 0.1) is 11.8 Å².